The first kappa shape index (κ1) is 14.5. The third-order valence-corrected chi connectivity index (χ3v) is 3.21. The van der Waals surface area contributed by atoms with Gasteiger partial charge in [-0.05, 0) is 30.2 Å². The molecule has 0 heterocycles. The van der Waals surface area contributed by atoms with Gasteiger partial charge >= 0.3 is 6.03 Å². The van der Waals surface area contributed by atoms with Gasteiger partial charge in [0.05, 0.1) is 5.69 Å². The van der Waals surface area contributed by atoms with Crippen LogP contribution in [0, 0.1) is 5.82 Å². The number of rotatable bonds is 4. The molecular weight excluding hydrogens is 323 g/mol. The molecule has 2 amide bonds. The lowest BCUT2D eigenvalue weighted by Crippen LogP contribution is -2.30. The number of nitrogens with one attached hydrogen (secondary N) is 2. The summed E-state index contributed by atoms with van der Waals surface area (Å²) in [5.41, 5.74) is 1.30. The minimum atomic E-state index is -0.474. The molecule has 0 fully saturated rings. The standard InChI is InChI=1S/C15H14BrFN2O/c16-12-6-7-14(13(17)10-12)19-15(20)18-9-8-11-4-2-1-3-5-11/h1-7,10H,8-9H2,(H2,18,19,20). The fraction of sp³-hybridized carbons (Fsp3) is 0.133. The molecule has 0 saturated heterocycles. The van der Waals surface area contributed by atoms with Crippen molar-refractivity contribution < 1.29 is 9.18 Å². The SMILES string of the molecule is O=C(NCCc1ccccc1)Nc1ccc(Br)cc1F. The number of halogens is 2. The van der Waals surface area contributed by atoms with Crippen molar-refractivity contribution in [2.75, 3.05) is 11.9 Å². The van der Waals surface area contributed by atoms with Gasteiger partial charge in [-0.3, -0.25) is 0 Å². The van der Waals surface area contributed by atoms with Crippen molar-refractivity contribution in [1.29, 1.82) is 0 Å². The zero-order valence-corrected chi connectivity index (χ0v) is 12.3. The molecule has 0 bridgehead atoms. The van der Waals surface area contributed by atoms with Crippen LogP contribution in [0.1, 0.15) is 5.56 Å². The largest absolute Gasteiger partial charge is 0.338 e. The summed E-state index contributed by atoms with van der Waals surface area (Å²) in [7, 11) is 0. The van der Waals surface area contributed by atoms with Crippen LogP contribution < -0.4 is 10.6 Å². The summed E-state index contributed by atoms with van der Waals surface area (Å²) in [6.07, 6.45) is 0.733. The highest BCUT2D eigenvalue weighted by Crippen LogP contribution is 2.19. The second-order valence-corrected chi connectivity index (χ2v) is 5.16. The van der Waals surface area contributed by atoms with Gasteiger partial charge in [-0.15, -0.1) is 0 Å². The Balaban J connectivity index is 1.81. The van der Waals surface area contributed by atoms with Crippen LogP contribution >= 0.6 is 15.9 Å². The van der Waals surface area contributed by atoms with Gasteiger partial charge in [0.25, 0.3) is 0 Å². The smallest absolute Gasteiger partial charge is 0.319 e. The van der Waals surface area contributed by atoms with Crippen LogP contribution in [-0.2, 0) is 6.42 Å². The first-order valence-electron chi connectivity index (χ1n) is 6.19. The highest BCUT2D eigenvalue weighted by atomic mass is 79.9. The molecule has 0 aliphatic carbocycles. The van der Waals surface area contributed by atoms with Crippen LogP contribution in [0.2, 0.25) is 0 Å². The molecule has 2 aromatic rings. The molecule has 0 radical (unpaired) electrons. The quantitative estimate of drug-likeness (QED) is 0.871. The topological polar surface area (TPSA) is 41.1 Å². The summed E-state index contributed by atoms with van der Waals surface area (Å²) in [4.78, 5) is 11.6. The van der Waals surface area contributed by atoms with E-state index in [1.807, 2.05) is 30.3 Å². The molecule has 0 unspecified atom stereocenters. The molecule has 0 aromatic heterocycles. The van der Waals surface area contributed by atoms with Gasteiger partial charge < -0.3 is 10.6 Å². The number of hydrogen-bond donors (Lipinski definition) is 2. The van der Waals surface area contributed by atoms with Crippen LogP contribution in [0.15, 0.2) is 53.0 Å². The Bertz CT molecular complexity index is 590. The summed E-state index contributed by atoms with van der Waals surface area (Å²) in [5.74, 6) is -0.474. The summed E-state index contributed by atoms with van der Waals surface area (Å²) in [6.45, 7) is 0.494. The van der Waals surface area contributed by atoms with Gasteiger partial charge in [-0.1, -0.05) is 46.3 Å². The highest BCUT2D eigenvalue weighted by molar-refractivity contribution is 9.10. The fourth-order valence-electron chi connectivity index (χ4n) is 1.72. The van der Waals surface area contributed by atoms with Crippen LogP contribution in [0.4, 0.5) is 14.9 Å². The van der Waals surface area contributed by atoms with Crippen LogP contribution in [0.3, 0.4) is 0 Å². The van der Waals surface area contributed by atoms with E-state index in [1.54, 1.807) is 6.07 Å². The lowest BCUT2D eigenvalue weighted by atomic mass is 10.1. The molecule has 104 valence electrons. The third kappa shape index (κ3) is 4.35. The van der Waals surface area contributed by atoms with Crippen LogP contribution in [-0.4, -0.2) is 12.6 Å². The van der Waals surface area contributed by atoms with Gasteiger partial charge in [0.1, 0.15) is 5.82 Å². The Hall–Kier alpha value is -1.88. The summed E-state index contributed by atoms with van der Waals surface area (Å²) >= 11 is 3.16. The van der Waals surface area contributed by atoms with E-state index in [1.165, 1.54) is 12.1 Å². The summed E-state index contributed by atoms with van der Waals surface area (Å²) in [6, 6.07) is 13.9. The number of benzene rings is 2. The van der Waals surface area contributed by atoms with E-state index < -0.39 is 11.8 Å². The third-order valence-electron chi connectivity index (χ3n) is 2.72. The summed E-state index contributed by atoms with van der Waals surface area (Å²) < 4.78 is 14.2. The number of carbonyl (C=O) groups excluding carboxylic acids is 1. The number of amides is 2. The molecular formula is C15H14BrFN2O. The first-order valence-corrected chi connectivity index (χ1v) is 6.98. The van der Waals surface area contributed by atoms with Crippen LogP contribution in [0.5, 0.6) is 0 Å². The molecule has 0 aliphatic heterocycles. The van der Waals surface area contributed by atoms with E-state index in [4.69, 9.17) is 0 Å². The Kier molecular flexibility index (Phi) is 5.12. The molecule has 3 nitrogen and oxygen atoms in total. The Labute approximate surface area is 125 Å². The second-order valence-electron chi connectivity index (χ2n) is 4.24. The van der Waals surface area contributed by atoms with Crippen molar-refractivity contribution in [1.82, 2.24) is 5.32 Å². The lowest BCUT2D eigenvalue weighted by Gasteiger charge is -2.08. The normalized spacial score (nSPS) is 10.1. The highest BCUT2D eigenvalue weighted by Gasteiger charge is 2.06. The van der Waals surface area contributed by atoms with E-state index in [-0.39, 0.29) is 5.69 Å². The van der Waals surface area contributed by atoms with E-state index >= 15 is 0 Å². The number of anilines is 1. The van der Waals surface area contributed by atoms with Crippen molar-refractivity contribution in [3.63, 3.8) is 0 Å². The number of hydrogen-bond acceptors (Lipinski definition) is 1. The maximum Gasteiger partial charge on any atom is 0.319 e. The van der Waals surface area contributed by atoms with Crippen molar-refractivity contribution in [2.45, 2.75) is 6.42 Å². The summed E-state index contributed by atoms with van der Waals surface area (Å²) in [5, 5.41) is 5.17. The zero-order chi connectivity index (χ0) is 14.4. The molecule has 0 saturated carbocycles. The molecule has 2 aromatic carbocycles. The van der Waals surface area contributed by atoms with Crippen molar-refractivity contribution in [2.24, 2.45) is 0 Å². The Morgan fingerprint density at radius 3 is 2.60 bits per heavy atom. The number of carbonyl (C=O) groups is 1. The fourth-order valence-corrected chi connectivity index (χ4v) is 2.06. The molecule has 20 heavy (non-hydrogen) atoms. The van der Waals surface area contributed by atoms with E-state index in [9.17, 15) is 9.18 Å². The predicted octanol–water partition coefficient (Wildman–Crippen LogP) is 3.95. The monoisotopic (exact) mass is 336 g/mol. The average molecular weight is 337 g/mol. The second kappa shape index (κ2) is 7.05. The molecule has 2 N–H and O–H groups in total. The average Bonchev–Trinajstić information content (AvgIpc) is 2.43. The van der Waals surface area contributed by atoms with Crippen molar-refractivity contribution >= 4 is 27.6 Å². The van der Waals surface area contributed by atoms with Gasteiger partial charge in [0.2, 0.25) is 0 Å². The van der Waals surface area contributed by atoms with E-state index in [2.05, 4.69) is 26.6 Å². The minimum Gasteiger partial charge on any atom is -0.338 e. The van der Waals surface area contributed by atoms with Gasteiger partial charge in [0, 0.05) is 11.0 Å². The van der Waals surface area contributed by atoms with Gasteiger partial charge in [0.15, 0.2) is 0 Å². The lowest BCUT2D eigenvalue weighted by molar-refractivity contribution is 0.252. The molecule has 0 aliphatic rings. The predicted molar refractivity (Wildman–Crippen MR) is 81.3 cm³/mol. The maximum absolute atomic E-state index is 13.5. The van der Waals surface area contributed by atoms with E-state index in [0.29, 0.717) is 11.0 Å². The van der Waals surface area contributed by atoms with Crippen molar-refractivity contribution in [3.8, 4) is 0 Å². The van der Waals surface area contributed by atoms with Crippen molar-refractivity contribution in [3.05, 3.63) is 64.4 Å². The Morgan fingerprint density at radius 1 is 1.15 bits per heavy atom. The molecule has 0 spiro atoms. The van der Waals surface area contributed by atoms with Gasteiger partial charge in [-0.2, -0.15) is 0 Å². The van der Waals surface area contributed by atoms with Gasteiger partial charge in [-0.25, -0.2) is 9.18 Å². The zero-order valence-electron chi connectivity index (χ0n) is 10.7. The minimum absolute atomic E-state index is 0.158. The maximum atomic E-state index is 13.5. The molecule has 2 rings (SSSR count). The van der Waals surface area contributed by atoms with E-state index in [0.717, 1.165) is 12.0 Å². The molecule has 0 atom stereocenters. The van der Waals surface area contributed by atoms with Crippen LogP contribution in [0.25, 0.3) is 0 Å². The number of urea groups is 1. The first-order chi connectivity index (χ1) is 9.65. The Morgan fingerprint density at radius 2 is 1.90 bits per heavy atom. The molecule has 5 heteroatoms.